The molecule has 1 saturated carbocycles. The van der Waals surface area contributed by atoms with Crippen LogP contribution in [-0.4, -0.2) is 49.6 Å². The number of likely N-dealkylation sites (tertiary alicyclic amines) is 1. The summed E-state index contributed by atoms with van der Waals surface area (Å²) in [5.74, 6) is 0.930. The lowest BCUT2D eigenvalue weighted by Crippen LogP contribution is -2.49. The van der Waals surface area contributed by atoms with Crippen molar-refractivity contribution in [1.29, 1.82) is 0 Å². The number of aryl methyl sites for hydroxylation is 1. The molecule has 24 heavy (non-hydrogen) atoms. The maximum atomic E-state index is 6.20. The Morgan fingerprint density at radius 1 is 1.21 bits per heavy atom. The predicted octanol–water partition coefficient (Wildman–Crippen LogP) is 3.06. The van der Waals surface area contributed by atoms with Gasteiger partial charge in [-0.2, -0.15) is 0 Å². The van der Waals surface area contributed by atoms with Crippen LogP contribution in [0.3, 0.4) is 0 Å². The second-order valence-corrected chi connectivity index (χ2v) is 7.29. The highest BCUT2D eigenvalue weighted by Crippen LogP contribution is 2.29. The van der Waals surface area contributed by atoms with E-state index in [1.807, 2.05) is 25.2 Å². The van der Waals surface area contributed by atoms with Gasteiger partial charge >= 0.3 is 0 Å². The van der Waals surface area contributed by atoms with Gasteiger partial charge in [-0.1, -0.05) is 29.8 Å². The minimum absolute atomic E-state index is 0.551. The second-order valence-electron chi connectivity index (χ2n) is 6.88. The van der Waals surface area contributed by atoms with E-state index in [0.29, 0.717) is 6.04 Å². The zero-order valence-electron chi connectivity index (χ0n) is 14.6. The van der Waals surface area contributed by atoms with Gasteiger partial charge in [-0.05, 0) is 50.2 Å². The molecule has 5 heteroatoms. The molecule has 132 valence electrons. The summed E-state index contributed by atoms with van der Waals surface area (Å²) in [6, 6.07) is 9.53. The van der Waals surface area contributed by atoms with Crippen LogP contribution in [0.2, 0.25) is 5.02 Å². The third-order valence-corrected chi connectivity index (χ3v) is 5.40. The second kappa shape index (κ2) is 8.72. The van der Waals surface area contributed by atoms with E-state index in [0.717, 1.165) is 36.4 Å². The van der Waals surface area contributed by atoms with E-state index >= 15 is 0 Å². The molecule has 2 fully saturated rings. The number of nitrogens with zero attached hydrogens (tertiary/aromatic N) is 2. The third kappa shape index (κ3) is 5.12. The fourth-order valence-electron chi connectivity index (χ4n) is 3.42. The molecule has 1 aliphatic carbocycles. The summed E-state index contributed by atoms with van der Waals surface area (Å²) >= 11 is 6.20. The minimum Gasteiger partial charge on any atom is -0.356 e. The van der Waals surface area contributed by atoms with E-state index in [2.05, 4.69) is 26.6 Å². The van der Waals surface area contributed by atoms with Crippen molar-refractivity contribution >= 4 is 17.6 Å². The Hall–Kier alpha value is -1.26. The maximum absolute atomic E-state index is 6.20. The minimum atomic E-state index is 0.551. The number of nitrogens with one attached hydrogen (secondary N) is 2. The van der Waals surface area contributed by atoms with E-state index in [9.17, 15) is 0 Å². The summed E-state index contributed by atoms with van der Waals surface area (Å²) in [4.78, 5) is 7.02. The molecule has 0 bridgehead atoms. The van der Waals surface area contributed by atoms with Gasteiger partial charge in [0.2, 0.25) is 0 Å². The number of hydrogen-bond acceptors (Lipinski definition) is 2. The van der Waals surface area contributed by atoms with Crippen LogP contribution in [-0.2, 0) is 6.42 Å². The number of benzene rings is 1. The molecular weight excluding hydrogens is 320 g/mol. The van der Waals surface area contributed by atoms with Crippen LogP contribution in [0.4, 0.5) is 0 Å². The van der Waals surface area contributed by atoms with Gasteiger partial charge in [0.05, 0.1) is 0 Å². The maximum Gasteiger partial charge on any atom is 0.191 e. The highest BCUT2D eigenvalue weighted by atomic mass is 35.5. The summed E-state index contributed by atoms with van der Waals surface area (Å²) in [7, 11) is 1.85. The molecule has 1 saturated heterocycles. The van der Waals surface area contributed by atoms with Crippen LogP contribution in [0, 0.1) is 0 Å². The molecule has 2 aliphatic rings. The number of hydrogen-bond donors (Lipinski definition) is 2. The molecule has 2 N–H and O–H groups in total. The SMILES string of the molecule is CN=C(NCCCc1ccccc1Cl)NC1CCN(C2CC2)CC1. The van der Waals surface area contributed by atoms with Gasteiger partial charge in [-0.25, -0.2) is 0 Å². The van der Waals surface area contributed by atoms with Gasteiger partial charge in [0.15, 0.2) is 5.96 Å². The van der Waals surface area contributed by atoms with Gasteiger partial charge in [-0.3, -0.25) is 4.99 Å². The molecule has 4 nitrogen and oxygen atoms in total. The van der Waals surface area contributed by atoms with Crippen molar-refractivity contribution in [2.45, 2.75) is 50.6 Å². The van der Waals surface area contributed by atoms with Crippen molar-refractivity contribution in [3.8, 4) is 0 Å². The van der Waals surface area contributed by atoms with Crippen LogP contribution in [0.15, 0.2) is 29.3 Å². The first-order valence-corrected chi connectivity index (χ1v) is 9.58. The van der Waals surface area contributed by atoms with E-state index in [1.165, 1.54) is 44.3 Å². The molecule has 3 rings (SSSR count). The Morgan fingerprint density at radius 3 is 2.62 bits per heavy atom. The first-order valence-electron chi connectivity index (χ1n) is 9.21. The van der Waals surface area contributed by atoms with Crippen LogP contribution in [0.25, 0.3) is 0 Å². The molecule has 0 unspecified atom stereocenters. The van der Waals surface area contributed by atoms with Crippen molar-refractivity contribution in [2.75, 3.05) is 26.7 Å². The Labute approximate surface area is 150 Å². The van der Waals surface area contributed by atoms with Gasteiger partial charge in [0.25, 0.3) is 0 Å². The molecule has 1 aromatic carbocycles. The number of piperidine rings is 1. The van der Waals surface area contributed by atoms with Crippen LogP contribution in [0.1, 0.15) is 37.7 Å². The lowest BCUT2D eigenvalue weighted by atomic mass is 10.1. The average Bonchev–Trinajstić information content (AvgIpc) is 3.45. The number of guanidine groups is 1. The summed E-state index contributed by atoms with van der Waals surface area (Å²) < 4.78 is 0. The lowest BCUT2D eigenvalue weighted by Gasteiger charge is -2.33. The molecule has 0 atom stereocenters. The first kappa shape index (κ1) is 17.6. The van der Waals surface area contributed by atoms with Crippen molar-refractivity contribution in [3.63, 3.8) is 0 Å². The van der Waals surface area contributed by atoms with Gasteiger partial charge in [0.1, 0.15) is 0 Å². The standard InChI is InChI=1S/C19H29ClN4/c1-21-19(22-12-4-6-15-5-2-3-7-18(15)20)23-16-10-13-24(14-11-16)17-8-9-17/h2-3,5,7,16-17H,4,6,8-14H2,1H3,(H2,21,22,23). The van der Waals surface area contributed by atoms with E-state index < -0.39 is 0 Å². The van der Waals surface area contributed by atoms with E-state index in [-0.39, 0.29) is 0 Å². The molecule has 1 aromatic rings. The Balaban J connectivity index is 1.34. The Kier molecular flexibility index (Phi) is 6.38. The Morgan fingerprint density at radius 2 is 1.96 bits per heavy atom. The Bertz CT molecular complexity index is 548. The smallest absolute Gasteiger partial charge is 0.191 e. The topological polar surface area (TPSA) is 39.7 Å². The molecule has 0 spiro atoms. The predicted molar refractivity (Wildman–Crippen MR) is 102 cm³/mol. The fraction of sp³-hybridized carbons (Fsp3) is 0.632. The van der Waals surface area contributed by atoms with Crippen molar-refractivity contribution in [3.05, 3.63) is 34.9 Å². The molecule has 1 aliphatic heterocycles. The molecule has 1 heterocycles. The summed E-state index contributed by atoms with van der Waals surface area (Å²) in [6.07, 6.45) is 7.29. The number of halogens is 1. The highest BCUT2D eigenvalue weighted by Gasteiger charge is 2.31. The van der Waals surface area contributed by atoms with Crippen LogP contribution in [0.5, 0.6) is 0 Å². The van der Waals surface area contributed by atoms with Crippen molar-refractivity contribution < 1.29 is 0 Å². The van der Waals surface area contributed by atoms with Crippen molar-refractivity contribution in [2.24, 2.45) is 4.99 Å². The van der Waals surface area contributed by atoms with Gasteiger partial charge < -0.3 is 15.5 Å². The molecular formula is C19H29ClN4. The van der Waals surface area contributed by atoms with E-state index in [1.54, 1.807) is 0 Å². The average molecular weight is 349 g/mol. The van der Waals surface area contributed by atoms with Crippen LogP contribution < -0.4 is 10.6 Å². The zero-order valence-corrected chi connectivity index (χ0v) is 15.4. The fourth-order valence-corrected chi connectivity index (χ4v) is 3.65. The van der Waals surface area contributed by atoms with E-state index in [4.69, 9.17) is 11.6 Å². The van der Waals surface area contributed by atoms with Crippen molar-refractivity contribution in [1.82, 2.24) is 15.5 Å². The van der Waals surface area contributed by atoms with Gasteiger partial charge in [0, 0.05) is 43.8 Å². The highest BCUT2D eigenvalue weighted by molar-refractivity contribution is 6.31. The van der Waals surface area contributed by atoms with Crippen LogP contribution >= 0.6 is 11.6 Å². The first-order chi connectivity index (χ1) is 11.8. The third-order valence-electron chi connectivity index (χ3n) is 5.03. The largest absolute Gasteiger partial charge is 0.356 e. The van der Waals surface area contributed by atoms with Gasteiger partial charge in [-0.15, -0.1) is 0 Å². The lowest BCUT2D eigenvalue weighted by molar-refractivity contribution is 0.197. The summed E-state index contributed by atoms with van der Waals surface area (Å²) in [5, 5.41) is 7.88. The zero-order chi connectivity index (χ0) is 16.8. The summed E-state index contributed by atoms with van der Waals surface area (Å²) in [5.41, 5.74) is 1.22. The molecule has 0 radical (unpaired) electrons. The quantitative estimate of drug-likeness (QED) is 0.471. The molecule has 0 amide bonds. The monoisotopic (exact) mass is 348 g/mol. The summed E-state index contributed by atoms with van der Waals surface area (Å²) in [6.45, 7) is 3.36. The number of aliphatic imine (C=N–C) groups is 1. The molecule has 0 aromatic heterocycles. The number of rotatable bonds is 6. The normalized spacial score (nSPS) is 20.2.